The Kier molecular flexibility index (Phi) is 10.1. The molecule has 0 bridgehead atoms. The molecule has 0 spiro atoms. The standard InChI is InChI=1S/C17H32O2/c1-2-3-10-13-16-17(19-16)14-11-8-6-4-5-7-9-12-15-18/h15-17H,2-14H2,1H3. The minimum atomic E-state index is 0.601. The van der Waals surface area contributed by atoms with Crippen molar-refractivity contribution in [2.75, 3.05) is 0 Å². The molecule has 0 radical (unpaired) electrons. The molecular weight excluding hydrogens is 236 g/mol. The molecule has 2 nitrogen and oxygen atoms in total. The van der Waals surface area contributed by atoms with Crippen molar-refractivity contribution < 1.29 is 9.53 Å². The van der Waals surface area contributed by atoms with Crippen LogP contribution in [0, 0.1) is 0 Å². The van der Waals surface area contributed by atoms with Crippen LogP contribution in [-0.4, -0.2) is 18.5 Å². The Labute approximate surface area is 119 Å². The number of unbranched alkanes of at least 4 members (excludes halogenated alkanes) is 9. The van der Waals surface area contributed by atoms with E-state index in [1.807, 2.05) is 0 Å². The van der Waals surface area contributed by atoms with Crippen molar-refractivity contribution in [3.8, 4) is 0 Å². The molecule has 0 aromatic rings. The highest BCUT2D eigenvalue weighted by atomic mass is 16.6. The van der Waals surface area contributed by atoms with E-state index in [-0.39, 0.29) is 0 Å². The zero-order valence-electron chi connectivity index (χ0n) is 12.7. The lowest BCUT2D eigenvalue weighted by Gasteiger charge is -2.00. The first kappa shape index (κ1) is 16.7. The maximum atomic E-state index is 10.1. The maximum Gasteiger partial charge on any atom is 0.119 e. The Morgan fingerprint density at radius 2 is 1.32 bits per heavy atom. The van der Waals surface area contributed by atoms with Crippen LogP contribution in [0.2, 0.25) is 0 Å². The van der Waals surface area contributed by atoms with Crippen LogP contribution < -0.4 is 0 Å². The molecule has 1 saturated heterocycles. The van der Waals surface area contributed by atoms with Crippen LogP contribution in [0.1, 0.15) is 90.4 Å². The second-order valence-electron chi connectivity index (χ2n) is 5.93. The SMILES string of the molecule is CCCCCC1OC1CCCCCCCCCC=O. The Bertz CT molecular complexity index is 215. The van der Waals surface area contributed by atoms with Gasteiger partial charge in [-0.05, 0) is 19.3 Å². The van der Waals surface area contributed by atoms with E-state index in [9.17, 15) is 4.79 Å². The maximum absolute atomic E-state index is 10.1. The van der Waals surface area contributed by atoms with Gasteiger partial charge in [0, 0.05) is 6.42 Å². The molecule has 0 N–H and O–H groups in total. The van der Waals surface area contributed by atoms with Gasteiger partial charge in [0.05, 0.1) is 12.2 Å². The fourth-order valence-corrected chi connectivity index (χ4v) is 2.74. The molecule has 2 atom stereocenters. The summed E-state index contributed by atoms with van der Waals surface area (Å²) in [5.74, 6) is 0. The van der Waals surface area contributed by atoms with E-state index >= 15 is 0 Å². The zero-order valence-corrected chi connectivity index (χ0v) is 12.7. The summed E-state index contributed by atoms with van der Waals surface area (Å²) in [6.07, 6.45) is 18.6. The summed E-state index contributed by atoms with van der Waals surface area (Å²) in [7, 11) is 0. The highest BCUT2D eigenvalue weighted by Crippen LogP contribution is 2.31. The van der Waals surface area contributed by atoms with Gasteiger partial charge in [-0.15, -0.1) is 0 Å². The molecular formula is C17H32O2. The van der Waals surface area contributed by atoms with E-state index in [0.717, 1.165) is 19.1 Å². The van der Waals surface area contributed by atoms with Crippen molar-refractivity contribution in [3.05, 3.63) is 0 Å². The molecule has 1 rings (SSSR count). The smallest absolute Gasteiger partial charge is 0.119 e. The summed E-state index contributed by atoms with van der Waals surface area (Å²) in [6.45, 7) is 2.25. The molecule has 2 heteroatoms. The number of carbonyl (C=O) groups excluding carboxylic acids is 1. The number of epoxide rings is 1. The van der Waals surface area contributed by atoms with Gasteiger partial charge in [-0.1, -0.05) is 64.7 Å². The summed E-state index contributed by atoms with van der Waals surface area (Å²) in [5.41, 5.74) is 0. The van der Waals surface area contributed by atoms with Crippen molar-refractivity contribution in [1.82, 2.24) is 0 Å². The lowest BCUT2D eigenvalue weighted by atomic mass is 10.0. The molecule has 19 heavy (non-hydrogen) atoms. The lowest BCUT2D eigenvalue weighted by molar-refractivity contribution is -0.107. The minimum absolute atomic E-state index is 0.601. The Balaban J connectivity index is 1.74. The summed E-state index contributed by atoms with van der Waals surface area (Å²) in [5, 5.41) is 0. The van der Waals surface area contributed by atoms with E-state index in [4.69, 9.17) is 4.74 Å². The Morgan fingerprint density at radius 3 is 1.89 bits per heavy atom. The summed E-state index contributed by atoms with van der Waals surface area (Å²) < 4.78 is 5.70. The second kappa shape index (κ2) is 11.5. The molecule has 0 aromatic heterocycles. The Hall–Kier alpha value is -0.370. The summed E-state index contributed by atoms with van der Waals surface area (Å²) >= 11 is 0. The number of carbonyl (C=O) groups is 1. The third kappa shape index (κ3) is 9.21. The summed E-state index contributed by atoms with van der Waals surface area (Å²) in [6, 6.07) is 0. The van der Waals surface area contributed by atoms with Gasteiger partial charge in [0.25, 0.3) is 0 Å². The number of hydrogen-bond acceptors (Lipinski definition) is 2. The van der Waals surface area contributed by atoms with Crippen LogP contribution in [0.25, 0.3) is 0 Å². The van der Waals surface area contributed by atoms with Crippen LogP contribution in [0.3, 0.4) is 0 Å². The van der Waals surface area contributed by atoms with Gasteiger partial charge < -0.3 is 9.53 Å². The van der Waals surface area contributed by atoms with Crippen LogP contribution in [0.4, 0.5) is 0 Å². The third-order valence-corrected chi connectivity index (χ3v) is 4.09. The molecule has 0 aliphatic carbocycles. The average molecular weight is 268 g/mol. The first-order chi connectivity index (χ1) is 9.38. The quantitative estimate of drug-likeness (QED) is 0.251. The number of hydrogen-bond donors (Lipinski definition) is 0. The number of aldehydes is 1. The van der Waals surface area contributed by atoms with E-state index in [2.05, 4.69) is 6.92 Å². The van der Waals surface area contributed by atoms with E-state index in [1.54, 1.807) is 0 Å². The van der Waals surface area contributed by atoms with Gasteiger partial charge in [0.15, 0.2) is 0 Å². The largest absolute Gasteiger partial charge is 0.370 e. The van der Waals surface area contributed by atoms with E-state index in [0.29, 0.717) is 12.2 Å². The summed E-state index contributed by atoms with van der Waals surface area (Å²) in [4.78, 5) is 10.1. The highest BCUT2D eigenvalue weighted by molar-refractivity contribution is 5.48. The van der Waals surface area contributed by atoms with Gasteiger partial charge in [-0.2, -0.15) is 0 Å². The van der Waals surface area contributed by atoms with E-state index < -0.39 is 0 Å². The first-order valence-corrected chi connectivity index (χ1v) is 8.47. The molecule has 2 unspecified atom stereocenters. The van der Waals surface area contributed by atoms with Crippen molar-refractivity contribution in [2.24, 2.45) is 0 Å². The van der Waals surface area contributed by atoms with Gasteiger partial charge in [-0.3, -0.25) is 0 Å². The fourth-order valence-electron chi connectivity index (χ4n) is 2.74. The number of ether oxygens (including phenoxy) is 1. The zero-order chi connectivity index (χ0) is 13.8. The molecule has 1 heterocycles. The molecule has 1 aliphatic rings. The third-order valence-electron chi connectivity index (χ3n) is 4.09. The van der Waals surface area contributed by atoms with Crippen LogP contribution >= 0.6 is 0 Å². The molecule has 1 fully saturated rings. The van der Waals surface area contributed by atoms with Crippen molar-refractivity contribution in [3.63, 3.8) is 0 Å². The topological polar surface area (TPSA) is 29.6 Å². The van der Waals surface area contributed by atoms with Gasteiger partial charge in [0.2, 0.25) is 0 Å². The van der Waals surface area contributed by atoms with Crippen molar-refractivity contribution >= 4 is 6.29 Å². The minimum Gasteiger partial charge on any atom is -0.370 e. The molecule has 0 aromatic carbocycles. The highest BCUT2D eigenvalue weighted by Gasteiger charge is 2.36. The fraction of sp³-hybridized carbons (Fsp3) is 0.941. The van der Waals surface area contributed by atoms with Gasteiger partial charge in [-0.25, -0.2) is 0 Å². The predicted octanol–water partition coefficient (Wildman–Crippen LogP) is 5.04. The van der Waals surface area contributed by atoms with Gasteiger partial charge >= 0.3 is 0 Å². The molecule has 0 saturated carbocycles. The molecule has 112 valence electrons. The van der Waals surface area contributed by atoms with E-state index in [1.165, 1.54) is 70.6 Å². The normalized spacial score (nSPS) is 21.5. The molecule has 1 aliphatic heterocycles. The van der Waals surface area contributed by atoms with Crippen LogP contribution in [-0.2, 0) is 9.53 Å². The molecule has 0 amide bonds. The van der Waals surface area contributed by atoms with Gasteiger partial charge in [0.1, 0.15) is 6.29 Å². The average Bonchev–Trinajstić information content (AvgIpc) is 3.16. The Morgan fingerprint density at radius 1 is 0.789 bits per heavy atom. The first-order valence-electron chi connectivity index (χ1n) is 8.47. The lowest BCUT2D eigenvalue weighted by Crippen LogP contribution is -1.94. The van der Waals surface area contributed by atoms with Crippen LogP contribution in [0.5, 0.6) is 0 Å². The van der Waals surface area contributed by atoms with Crippen molar-refractivity contribution in [1.29, 1.82) is 0 Å². The second-order valence-corrected chi connectivity index (χ2v) is 5.93. The van der Waals surface area contributed by atoms with Crippen molar-refractivity contribution in [2.45, 2.75) is 103 Å². The number of rotatable bonds is 14. The predicted molar refractivity (Wildman–Crippen MR) is 80.4 cm³/mol. The van der Waals surface area contributed by atoms with Crippen LogP contribution in [0.15, 0.2) is 0 Å². The monoisotopic (exact) mass is 268 g/mol.